The summed E-state index contributed by atoms with van der Waals surface area (Å²) in [6.07, 6.45) is 2.36. The molecule has 1 aromatic rings. The third-order valence-corrected chi connectivity index (χ3v) is 3.11. The third kappa shape index (κ3) is 6.24. The smallest absolute Gasteiger partial charge is 0.242 e. The van der Waals surface area contributed by atoms with Crippen molar-refractivity contribution in [1.29, 1.82) is 0 Å². The highest BCUT2D eigenvalue weighted by Crippen LogP contribution is 2.11. The largest absolute Gasteiger partial charge is 0.354 e. The Morgan fingerprint density at radius 3 is 2.59 bits per heavy atom. The number of carbonyl (C=O) groups excluding carboxylic acids is 2. The Morgan fingerprint density at radius 2 is 2.00 bits per heavy atom. The second kappa shape index (κ2) is 9.17. The van der Waals surface area contributed by atoms with Crippen LogP contribution in [-0.4, -0.2) is 34.5 Å². The molecular formula is C15H26N4O3. The highest BCUT2D eigenvalue weighted by Gasteiger charge is 2.15. The quantitative estimate of drug-likeness (QED) is 0.721. The van der Waals surface area contributed by atoms with E-state index in [4.69, 9.17) is 4.52 Å². The maximum atomic E-state index is 11.8. The van der Waals surface area contributed by atoms with Crippen molar-refractivity contribution >= 4 is 11.8 Å². The SMILES string of the molecule is CCCNC(=O)[C@H](C)NC(=O)CCCc1nc(C(C)C)no1. The normalized spacial score (nSPS) is 12.2. The Bertz CT molecular complexity index is 485. The van der Waals surface area contributed by atoms with Crippen molar-refractivity contribution in [3.05, 3.63) is 11.7 Å². The molecule has 1 heterocycles. The van der Waals surface area contributed by atoms with E-state index in [0.29, 0.717) is 37.5 Å². The first-order valence-electron chi connectivity index (χ1n) is 7.83. The monoisotopic (exact) mass is 310 g/mol. The Labute approximate surface area is 131 Å². The lowest BCUT2D eigenvalue weighted by molar-refractivity contribution is -0.128. The van der Waals surface area contributed by atoms with Crippen molar-refractivity contribution in [2.24, 2.45) is 0 Å². The summed E-state index contributed by atoms with van der Waals surface area (Å²) in [7, 11) is 0. The zero-order valence-corrected chi connectivity index (χ0v) is 13.8. The molecule has 22 heavy (non-hydrogen) atoms. The first-order valence-corrected chi connectivity index (χ1v) is 7.83. The second-order valence-electron chi connectivity index (χ2n) is 5.63. The molecule has 0 aliphatic heterocycles. The number of rotatable bonds is 9. The van der Waals surface area contributed by atoms with Gasteiger partial charge in [-0.1, -0.05) is 25.9 Å². The Hall–Kier alpha value is -1.92. The van der Waals surface area contributed by atoms with Crippen molar-refractivity contribution in [2.75, 3.05) is 6.54 Å². The van der Waals surface area contributed by atoms with Crippen molar-refractivity contribution in [1.82, 2.24) is 20.8 Å². The molecule has 124 valence electrons. The average molecular weight is 310 g/mol. The van der Waals surface area contributed by atoms with Crippen LogP contribution in [0.5, 0.6) is 0 Å². The maximum absolute atomic E-state index is 11.8. The molecule has 0 aromatic carbocycles. The van der Waals surface area contributed by atoms with Gasteiger partial charge in [0.15, 0.2) is 5.82 Å². The van der Waals surface area contributed by atoms with Crippen LogP contribution >= 0.6 is 0 Å². The molecule has 0 fully saturated rings. The second-order valence-corrected chi connectivity index (χ2v) is 5.63. The molecule has 2 N–H and O–H groups in total. The molecule has 0 spiro atoms. The average Bonchev–Trinajstić information content (AvgIpc) is 2.93. The van der Waals surface area contributed by atoms with Crippen LogP contribution in [0.2, 0.25) is 0 Å². The molecule has 1 rings (SSSR count). The number of amides is 2. The number of nitrogens with one attached hydrogen (secondary N) is 2. The Kier molecular flexibility index (Phi) is 7.56. The van der Waals surface area contributed by atoms with E-state index in [-0.39, 0.29) is 17.7 Å². The lowest BCUT2D eigenvalue weighted by Crippen LogP contribution is -2.44. The van der Waals surface area contributed by atoms with Gasteiger partial charge in [0.25, 0.3) is 0 Å². The van der Waals surface area contributed by atoms with Crippen LogP contribution in [-0.2, 0) is 16.0 Å². The van der Waals surface area contributed by atoms with Crippen molar-refractivity contribution in [2.45, 2.75) is 65.3 Å². The standard InChI is InChI=1S/C15H26N4O3/c1-5-9-16-15(21)11(4)17-12(20)7-6-8-13-18-14(10(2)3)19-22-13/h10-11H,5-9H2,1-4H3,(H,16,21)(H,17,20)/t11-/m0/s1. The van der Waals surface area contributed by atoms with Gasteiger partial charge >= 0.3 is 0 Å². The number of carbonyl (C=O) groups is 2. The lowest BCUT2D eigenvalue weighted by Gasteiger charge is -2.13. The van der Waals surface area contributed by atoms with E-state index >= 15 is 0 Å². The van der Waals surface area contributed by atoms with Gasteiger partial charge < -0.3 is 15.2 Å². The summed E-state index contributed by atoms with van der Waals surface area (Å²) >= 11 is 0. The number of nitrogens with zero attached hydrogens (tertiary/aromatic N) is 2. The highest BCUT2D eigenvalue weighted by atomic mass is 16.5. The molecule has 0 aliphatic rings. The highest BCUT2D eigenvalue weighted by molar-refractivity contribution is 5.87. The predicted octanol–water partition coefficient (Wildman–Crippen LogP) is 1.55. The molecule has 0 aliphatic carbocycles. The molecule has 0 unspecified atom stereocenters. The zero-order chi connectivity index (χ0) is 16.5. The van der Waals surface area contributed by atoms with E-state index in [2.05, 4.69) is 20.8 Å². The van der Waals surface area contributed by atoms with Gasteiger partial charge in [-0.15, -0.1) is 0 Å². The van der Waals surface area contributed by atoms with Gasteiger partial charge in [0.2, 0.25) is 17.7 Å². The van der Waals surface area contributed by atoms with Gasteiger partial charge in [-0.25, -0.2) is 0 Å². The van der Waals surface area contributed by atoms with Gasteiger partial charge in [-0.05, 0) is 19.8 Å². The Balaban J connectivity index is 2.26. The number of hydrogen-bond donors (Lipinski definition) is 2. The summed E-state index contributed by atoms with van der Waals surface area (Å²) in [5.74, 6) is 1.14. The summed E-state index contributed by atoms with van der Waals surface area (Å²) in [4.78, 5) is 27.7. The minimum atomic E-state index is -0.519. The van der Waals surface area contributed by atoms with Crippen LogP contribution in [0.3, 0.4) is 0 Å². The van der Waals surface area contributed by atoms with Crippen molar-refractivity contribution < 1.29 is 14.1 Å². The summed E-state index contributed by atoms with van der Waals surface area (Å²) in [6.45, 7) is 8.26. The van der Waals surface area contributed by atoms with Gasteiger partial charge in [0.1, 0.15) is 6.04 Å². The molecule has 7 nitrogen and oxygen atoms in total. The fourth-order valence-corrected chi connectivity index (χ4v) is 1.78. The van der Waals surface area contributed by atoms with Gasteiger partial charge in [0.05, 0.1) is 0 Å². The maximum Gasteiger partial charge on any atom is 0.242 e. The summed E-state index contributed by atoms with van der Waals surface area (Å²) in [5, 5.41) is 9.30. The van der Waals surface area contributed by atoms with E-state index in [9.17, 15) is 9.59 Å². The summed E-state index contributed by atoms with van der Waals surface area (Å²) < 4.78 is 5.11. The van der Waals surface area contributed by atoms with Crippen LogP contribution in [0.15, 0.2) is 4.52 Å². The molecule has 1 aromatic heterocycles. The van der Waals surface area contributed by atoms with Crippen molar-refractivity contribution in [3.8, 4) is 0 Å². The molecule has 0 saturated heterocycles. The first-order chi connectivity index (χ1) is 10.4. The van der Waals surface area contributed by atoms with Crippen LogP contribution in [0, 0.1) is 0 Å². The van der Waals surface area contributed by atoms with Crippen LogP contribution < -0.4 is 10.6 Å². The molecule has 2 amide bonds. The number of hydrogen-bond acceptors (Lipinski definition) is 5. The van der Waals surface area contributed by atoms with Crippen LogP contribution in [0.25, 0.3) is 0 Å². The van der Waals surface area contributed by atoms with Gasteiger partial charge in [-0.3, -0.25) is 9.59 Å². The first kappa shape index (κ1) is 18.1. The van der Waals surface area contributed by atoms with E-state index in [1.54, 1.807) is 6.92 Å². The minimum absolute atomic E-state index is 0.150. The van der Waals surface area contributed by atoms with E-state index in [1.807, 2.05) is 20.8 Å². The third-order valence-electron chi connectivity index (χ3n) is 3.11. The fraction of sp³-hybridized carbons (Fsp3) is 0.733. The zero-order valence-electron chi connectivity index (χ0n) is 13.8. The molecule has 0 bridgehead atoms. The van der Waals surface area contributed by atoms with Crippen LogP contribution in [0.4, 0.5) is 0 Å². The Morgan fingerprint density at radius 1 is 1.27 bits per heavy atom. The summed E-state index contributed by atoms with van der Waals surface area (Å²) in [6, 6.07) is -0.519. The van der Waals surface area contributed by atoms with E-state index in [0.717, 1.165) is 6.42 Å². The van der Waals surface area contributed by atoms with Gasteiger partial charge in [-0.2, -0.15) is 4.98 Å². The molecule has 0 saturated carbocycles. The topological polar surface area (TPSA) is 97.1 Å². The molecule has 7 heteroatoms. The van der Waals surface area contributed by atoms with Gasteiger partial charge in [0, 0.05) is 25.3 Å². The predicted molar refractivity (Wildman–Crippen MR) is 82.2 cm³/mol. The lowest BCUT2D eigenvalue weighted by atomic mass is 10.2. The molecular weight excluding hydrogens is 284 g/mol. The number of aryl methyl sites for hydroxylation is 1. The fourth-order valence-electron chi connectivity index (χ4n) is 1.78. The molecule has 0 radical (unpaired) electrons. The van der Waals surface area contributed by atoms with Crippen molar-refractivity contribution in [3.63, 3.8) is 0 Å². The van der Waals surface area contributed by atoms with E-state index in [1.165, 1.54) is 0 Å². The number of aromatic nitrogens is 2. The van der Waals surface area contributed by atoms with Crippen LogP contribution in [0.1, 0.15) is 64.6 Å². The molecule has 1 atom stereocenters. The van der Waals surface area contributed by atoms with E-state index < -0.39 is 6.04 Å². The minimum Gasteiger partial charge on any atom is -0.354 e. The summed E-state index contributed by atoms with van der Waals surface area (Å²) in [5.41, 5.74) is 0.